The molecule has 15 heavy (non-hydrogen) atoms. The van der Waals surface area contributed by atoms with Crippen molar-refractivity contribution in [2.24, 2.45) is 5.92 Å². The number of esters is 1. The van der Waals surface area contributed by atoms with Gasteiger partial charge in [-0.25, -0.2) is 0 Å². The van der Waals surface area contributed by atoms with Gasteiger partial charge in [0.2, 0.25) is 5.92 Å². The molecule has 0 fully saturated rings. The normalized spacial score (nSPS) is 12.4. The van der Waals surface area contributed by atoms with Gasteiger partial charge in [-0.1, -0.05) is 5.92 Å². The van der Waals surface area contributed by atoms with Crippen LogP contribution < -0.4 is 0 Å². The first-order valence-electron chi connectivity index (χ1n) is 3.34. The first-order valence-corrected chi connectivity index (χ1v) is 3.34. The Labute approximate surface area is 80.2 Å². The Morgan fingerprint density at radius 2 is 1.60 bits per heavy atom. The summed E-state index contributed by atoms with van der Waals surface area (Å²) in [6.45, 7) is -0.943. The molecule has 0 rings (SSSR count). The van der Waals surface area contributed by atoms with Gasteiger partial charge >= 0.3 is 18.3 Å². The second-order valence-electron chi connectivity index (χ2n) is 2.33. The summed E-state index contributed by atoms with van der Waals surface area (Å²) >= 11 is 0. The van der Waals surface area contributed by atoms with Crippen LogP contribution in [0, 0.1) is 18.3 Å². The summed E-state index contributed by atoms with van der Waals surface area (Å²) in [4.78, 5) is 10.4. The molecule has 0 aliphatic carbocycles. The molecule has 0 saturated heterocycles. The molecule has 0 spiro atoms. The van der Waals surface area contributed by atoms with Crippen LogP contribution >= 0.6 is 0 Å². The highest BCUT2D eigenvalue weighted by atomic mass is 19.4. The van der Waals surface area contributed by atoms with Gasteiger partial charge in [0, 0.05) is 0 Å². The highest BCUT2D eigenvalue weighted by Crippen LogP contribution is 2.39. The van der Waals surface area contributed by atoms with Gasteiger partial charge in [-0.05, 0) is 0 Å². The maximum atomic E-state index is 11.8. The third-order valence-electron chi connectivity index (χ3n) is 1.19. The molecule has 0 atom stereocenters. The molecule has 86 valence electrons. The highest BCUT2D eigenvalue weighted by molar-refractivity contribution is 5.74. The summed E-state index contributed by atoms with van der Waals surface area (Å²) in [7, 11) is 0. The van der Waals surface area contributed by atoms with Crippen LogP contribution in [0.5, 0.6) is 0 Å². The number of carbonyl (C=O) groups is 1. The van der Waals surface area contributed by atoms with Crippen LogP contribution in [-0.4, -0.2) is 24.9 Å². The van der Waals surface area contributed by atoms with Gasteiger partial charge in [0.15, 0.2) is 6.61 Å². The molecule has 0 unspecified atom stereocenters. The summed E-state index contributed by atoms with van der Waals surface area (Å²) < 4.78 is 74.5. The molecule has 8 heteroatoms. The summed E-state index contributed by atoms with van der Waals surface area (Å²) in [5, 5.41) is 0. The number of carbonyl (C=O) groups excluding carboxylic acids is 1. The summed E-state index contributed by atoms with van der Waals surface area (Å²) in [6.07, 6.45) is -6.99. The average molecular weight is 234 g/mol. The van der Waals surface area contributed by atoms with Gasteiger partial charge in [0.1, 0.15) is 0 Å². The lowest BCUT2D eigenvalue weighted by molar-refractivity contribution is -0.281. The number of halogens is 6. The first-order chi connectivity index (χ1) is 6.60. The molecular formula is C7H4F6O2. The van der Waals surface area contributed by atoms with Crippen LogP contribution in [0.3, 0.4) is 0 Å². The lowest BCUT2D eigenvalue weighted by Crippen LogP contribution is -2.43. The van der Waals surface area contributed by atoms with Crippen molar-refractivity contribution in [2.75, 3.05) is 6.61 Å². The molecular weight excluding hydrogens is 230 g/mol. The Hall–Kier alpha value is -1.39. The molecule has 0 saturated carbocycles. The SMILES string of the molecule is C#CCOC(=O)C(C(F)(F)F)C(F)(F)F. The second kappa shape index (κ2) is 4.42. The molecule has 0 N–H and O–H groups in total. The van der Waals surface area contributed by atoms with Crippen LogP contribution in [0.15, 0.2) is 0 Å². The monoisotopic (exact) mass is 234 g/mol. The fourth-order valence-electron chi connectivity index (χ4n) is 0.649. The molecule has 0 aliphatic rings. The van der Waals surface area contributed by atoms with Gasteiger partial charge in [0.05, 0.1) is 0 Å². The van der Waals surface area contributed by atoms with E-state index in [4.69, 9.17) is 0 Å². The minimum absolute atomic E-state index is 0.943. The van der Waals surface area contributed by atoms with E-state index in [1.165, 1.54) is 0 Å². The number of hydrogen-bond donors (Lipinski definition) is 0. The van der Waals surface area contributed by atoms with E-state index in [-0.39, 0.29) is 0 Å². The Balaban J connectivity index is 4.83. The topological polar surface area (TPSA) is 26.3 Å². The quantitative estimate of drug-likeness (QED) is 0.414. The van der Waals surface area contributed by atoms with E-state index in [1.807, 2.05) is 0 Å². The number of terminal acetylenes is 1. The van der Waals surface area contributed by atoms with Crippen molar-refractivity contribution >= 4 is 5.97 Å². The van der Waals surface area contributed by atoms with Gasteiger partial charge in [-0.3, -0.25) is 4.79 Å². The van der Waals surface area contributed by atoms with Crippen molar-refractivity contribution in [1.29, 1.82) is 0 Å². The van der Waals surface area contributed by atoms with Crippen molar-refractivity contribution < 1.29 is 35.9 Å². The zero-order valence-electron chi connectivity index (χ0n) is 6.95. The number of ether oxygens (including phenoxy) is 1. The predicted molar refractivity (Wildman–Crippen MR) is 35.4 cm³/mol. The Bertz CT molecular complexity index is 257. The van der Waals surface area contributed by atoms with Crippen molar-refractivity contribution in [1.82, 2.24) is 0 Å². The molecule has 0 heterocycles. The summed E-state index contributed by atoms with van der Waals surface area (Å²) in [5.74, 6) is -5.03. The number of alkyl halides is 6. The minimum Gasteiger partial charge on any atom is -0.452 e. The average Bonchev–Trinajstić information content (AvgIpc) is 1.94. The first kappa shape index (κ1) is 13.6. The molecule has 0 amide bonds. The van der Waals surface area contributed by atoms with Crippen molar-refractivity contribution in [3.63, 3.8) is 0 Å². The molecule has 0 aromatic rings. The zero-order valence-corrected chi connectivity index (χ0v) is 6.95. The molecule has 2 nitrogen and oxygen atoms in total. The molecule has 0 bridgehead atoms. The lowest BCUT2D eigenvalue weighted by atomic mass is 10.1. The van der Waals surface area contributed by atoms with Crippen molar-refractivity contribution in [3.05, 3.63) is 0 Å². The van der Waals surface area contributed by atoms with Crippen molar-refractivity contribution in [3.8, 4) is 12.3 Å². The Morgan fingerprint density at radius 1 is 1.20 bits per heavy atom. The minimum atomic E-state index is -5.75. The van der Waals surface area contributed by atoms with E-state index >= 15 is 0 Å². The fourth-order valence-corrected chi connectivity index (χ4v) is 0.649. The highest BCUT2D eigenvalue weighted by Gasteiger charge is 2.62. The lowest BCUT2D eigenvalue weighted by Gasteiger charge is -2.20. The molecule has 0 aromatic carbocycles. The maximum Gasteiger partial charge on any atom is 0.411 e. The van der Waals surface area contributed by atoms with Crippen molar-refractivity contribution in [2.45, 2.75) is 12.4 Å². The molecule has 0 radical (unpaired) electrons. The number of rotatable bonds is 2. The van der Waals surface area contributed by atoms with Crippen LogP contribution in [0.25, 0.3) is 0 Å². The standard InChI is InChI=1S/C7H4F6O2/c1-2-3-15-5(14)4(6(8,9)10)7(11,12)13/h1,4H,3H2. The van der Waals surface area contributed by atoms with Crippen LogP contribution in [0.1, 0.15) is 0 Å². The van der Waals surface area contributed by atoms with Gasteiger partial charge in [0.25, 0.3) is 0 Å². The third-order valence-corrected chi connectivity index (χ3v) is 1.19. The van der Waals surface area contributed by atoms with Gasteiger partial charge in [-0.2, -0.15) is 26.3 Å². The zero-order chi connectivity index (χ0) is 12.3. The predicted octanol–water partition coefficient (Wildman–Crippen LogP) is 1.90. The molecule has 0 aliphatic heterocycles. The van der Waals surface area contributed by atoms with E-state index in [2.05, 4.69) is 11.2 Å². The van der Waals surface area contributed by atoms with E-state index in [1.54, 1.807) is 5.92 Å². The van der Waals surface area contributed by atoms with E-state index < -0.39 is 30.8 Å². The maximum absolute atomic E-state index is 11.8. The van der Waals surface area contributed by atoms with Gasteiger partial charge < -0.3 is 4.74 Å². The largest absolute Gasteiger partial charge is 0.452 e. The fraction of sp³-hybridized carbons (Fsp3) is 0.571. The Morgan fingerprint density at radius 3 is 1.87 bits per heavy atom. The summed E-state index contributed by atoms with van der Waals surface area (Å²) in [5.41, 5.74) is 0. The van der Waals surface area contributed by atoms with E-state index in [0.717, 1.165) is 0 Å². The third kappa shape index (κ3) is 4.10. The van der Waals surface area contributed by atoms with Crippen LogP contribution in [0.2, 0.25) is 0 Å². The van der Waals surface area contributed by atoms with Crippen LogP contribution in [0.4, 0.5) is 26.3 Å². The number of hydrogen-bond acceptors (Lipinski definition) is 2. The van der Waals surface area contributed by atoms with E-state index in [9.17, 15) is 31.1 Å². The Kier molecular flexibility index (Phi) is 4.01. The second-order valence-corrected chi connectivity index (χ2v) is 2.33. The summed E-state index contributed by atoms with van der Waals surface area (Å²) in [6, 6.07) is 0. The smallest absolute Gasteiger partial charge is 0.411 e. The van der Waals surface area contributed by atoms with Crippen LogP contribution in [-0.2, 0) is 9.53 Å². The van der Waals surface area contributed by atoms with Gasteiger partial charge in [-0.15, -0.1) is 6.42 Å². The van der Waals surface area contributed by atoms with E-state index in [0.29, 0.717) is 0 Å². The molecule has 0 aromatic heterocycles.